The molecule has 1 saturated carbocycles. The molecule has 0 spiro atoms. The molecule has 0 unspecified atom stereocenters. The second kappa shape index (κ2) is 8.69. The van der Waals surface area contributed by atoms with Gasteiger partial charge in [0.25, 0.3) is 11.8 Å². The average molecular weight is 406 g/mol. The van der Waals surface area contributed by atoms with Crippen LogP contribution in [-0.4, -0.2) is 35.3 Å². The fourth-order valence-corrected chi connectivity index (χ4v) is 4.43. The van der Waals surface area contributed by atoms with Gasteiger partial charge in [-0.25, -0.2) is 4.79 Å². The summed E-state index contributed by atoms with van der Waals surface area (Å²) in [6.45, 7) is 2.54. The van der Waals surface area contributed by atoms with Crippen LogP contribution in [0.2, 0.25) is 0 Å². The van der Waals surface area contributed by atoms with E-state index >= 15 is 0 Å². The normalized spacial score (nSPS) is 16.3. The molecule has 1 fully saturated rings. The van der Waals surface area contributed by atoms with Crippen LogP contribution in [0.1, 0.15) is 75.7 Å². The molecule has 2 aliphatic rings. The molecule has 2 aromatic rings. The summed E-state index contributed by atoms with van der Waals surface area (Å²) in [6, 6.07) is 12.4. The third kappa shape index (κ3) is 3.82. The van der Waals surface area contributed by atoms with Gasteiger partial charge in [-0.3, -0.25) is 9.59 Å². The molecule has 156 valence electrons. The number of nitrogens with one attached hydrogen (secondary N) is 1. The Morgan fingerprint density at radius 2 is 1.77 bits per heavy atom. The predicted octanol–water partition coefficient (Wildman–Crippen LogP) is 4.40. The summed E-state index contributed by atoms with van der Waals surface area (Å²) in [5, 5.41) is 2.80. The maximum atomic E-state index is 13.2. The van der Waals surface area contributed by atoms with Crippen LogP contribution < -0.4 is 5.32 Å². The van der Waals surface area contributed by atoms with Gasteiger partial charge in [0.1, 0.15) is 0 Å². The van der Waals surface area contributed by atoms with Crippen LogP contribution in [0.3, 0.4) is 0 Å². The van der Waals surface area contributed by atoms with E-state index < -0.39 is 11.9 Å². The van der Waals surface area contributed by atoms with Gasteiger partial charge < -0.3 is 15.0 Å². The summed E-state index contributed by atoms with van der Waals surface area (Å²) in [7, 11) is 0. The Labute approximate surface area is 176 Å². The van der Waals surface area contributed by atoms with Gasteiger partial charge in [-0.1, -0.05) is 43.5 Å². The maximum Gasteiger partial charge on any atom is 0.340 e. The van der Waals surface area contributed by atoms with E-state index in [0.717, 1.165) is 31.2 Å². The van der Waals surface area contributed by atoms with E-state index in [1.165, 1.54) is 6.42 Å². The lowest BCUT2D eigenvalue weighted by Crippen LogP contribution is -2.37. The molecule has 0 atom stereocenters. The largest absolute Gasteiger partial charge is 0.462 e. The van der Waals surface area contributed by atoms with Crippen LogP contribution in [0.25, 0.3) is 0 Å². The maximum absolute atomic E-state index is 13.2. The van der Waals surface area contributed by atoms with Crippen molar-refractivity contribution in [3.8, 4) is 0 Å². The molecule has 1 aliphatic carbocycles. The molecular weight excluding hydrogens is 380 g/mol. The van der Waals surface area contributed by atoms with Crippen molar-refractivity contribution in [2.45, 2.75) is 51.6 Å². The second-order valence-electron chi connectivity index (χ2n) is 7.78. The number of hydrogen-bond donors (Lipinski definition) is 1. The molecule has 2 amide bonds. The van der Waals surface area contributed by atoms with Gasteiger partial charge in [-0.05, 0) is 43.5 Å². The van der Waals surface area contributed by atoms with Crippen molar-refractivity contribution in [1.29, 1.82) is 0 Å². The molecular formula is C24H26N2O4. The number of ether oxygens (including phenoxy) is 1. The summed E-state index contributed by atoms with van der Waals surface area (Å²) in [4.78, 5) is 40.4. The first-order chi connectivity index (χ1) is 14.6. The minimum atomic E-state index is -0.494. The molecule has 1 heterocycles. The van der Waals surface area contributed by atoms with Crippen molar-refractivity contribution in [3.63, 3.8) is 0 Å². The standard InChI is InChI=1S/C24H26N2O4/c1-2-30-24(29)18-12-6-7-14-20(18)25-22(27)19-13-8-9-16-15-26(23(28)21(16)19)17-10-4-3-5-11-17/h6-9,12-14,17H,2-5,10-11,15H2,1H3,(H,25,27). The van der Waals surface area contributed by atoms with Gasteiger partial charge in [0.05, 0.1) is 29.0 Å². The van der Waals surface area contributed by atoms with Gasteiger partial charge in [-0.15, -0.1) is 0 Å². The first-order valence-electron chi connectivity index (χ1n) is 10.6. The van der Waals surface area contributed by atoms with Crippen LogP contribution in [0.15, 0.2) is 42.5 Å². The highest BCUT2D eigenvalue weighted by molar-refractivity contribution is 6.15. The van der Waals surface area contributed by atoms with Crippen molar-refractivity contribution in [1.82, 2.24) is 4.90 Å². The number of fused-ring (bicyclic) bond motifs is 1. The topological polar surface area (TPSA) is 75.7 Å². The SMILES string of the molecule is CCOC(=O)c1ccccc1NC(=O)c1cccc2c1C(=O)N(C1CCCCC1)C2. The fraction of sp³-hybridized carbons (Fsp3) is 0.375. The quantitative estimate of drug-likeness (QED) is 0.747. The Balaban J connectivity index is 1.59. The summed E-state index contributed by atoms with van der Waals surface area (Å²) >= 11 is 0. The third-order valence-corrected chi connectivity index (χ3v) is 5.90. The van der Waals surface area contributed by atoms with Gasteiger partial charge >= 0.3 is 5.97 Å². The van der Waals surface area contributed by atoms with Crippen molar-refractivity contribution < 1.29 is 19.1 Å². The van der Waals surface area contributed by atoms with E-state index in [1.54, 1.807) is 37.3 Å². The monoisotopic (exact) mass is 406 g/mol. The number of anilines is 1. The molecule has 30 heavy (non-hydrogen) atoms. The number of carbonyl (C=O) groups excluding carboxylic acids is 3. The van der Waals surface area contributed by atoms with Gasteiger partial charge in [0, 0.05) is 12.6 Å². The Bertz CT molecular complexity index is 979. The average Bonchev–Trinajstić information content (AvgIpc) is 3.11. The number of esters is 1. The first-order valence-corrected chi connectivity index (χ1v) is 10.6. The van der Waals surface area contributed by atoms with Gasteiger partial charge in [-0.2, -0.15) is 0 Å². The minimum Gasteiger partial charge on any atom is -0.462 e. The lowest BCUT2D eigenvalue weighted by molar-refractivity contribution is 0.0527. The highest BCUT2D eigenvalue weighted by Gasteiger charge is 2.36. The second-order valence-corrected chi connectivity index (χ2v) is 7.78. The highest BCUT2D eigenvalue weighted by Crippen LogP contribution is 2.33. The van der Waals surface area contributed by atoms with Crippen LogP contribution in [0.4, 0.5) is 5.69 Å². The summed E-state index contributed by atoms with van der Waals surface area (Å²) < 4.78 is 5.08. The molecule has 0 bridgehead atoms. The van der Waals surface area contributed by atoms with E-state index in [0.29, 0.717) is 23.4 Å². The number of amides is 2. The van der Waals surface area contributed by atoms with E-state index in [1.807, 2.05) is 17.0 Å². The van der Waals surface area contributed by atoms with E-state index in [4.69, 9.17) is 4.74 Å². The van der Waals surface area contributed by atoms with Crippen molar-refractivity contribution in [2.75, 3.05) is 11.9 Å². The summed E-state index contributed by atoms with van der Waals surface area (Å²) in [5.41, 5.74) is 2.36. The van der Waals surface area contributed by atoms with E-state index in [2.05, 4.69) is 5.32 Å². The number of carbonyl (C=O) groups is 3. The number of rotatable bonds is 5. The van der Waals surface area contributed by atoms with Crippen LogP contribution >= 0.6 is 0 Å². The third-order valence-electron chi connectivity index (χ3n) is 5.90. The lowest BCUT2D eigenvalue weighted by Gasteiger charge is -2.30. The Hall–Kier alpha value is -3.15. The first kappa shape index (κ1) is 20.1. The fourth-order valence-electron chi connectivity index (χ4n) is 4.43. The number of hydrogen-bond acceptors (Lipinski definition) is 4. The molecule has 0 radical (unpaired) electrons. The van der Waals surface area contributed by atoms with E-state index in [-0.39, 0.29) is 24.1 Å². The van der Waals surface area contributed by atoms with Crippen LogP contribution in [0.5, 0.6) is 0 Å². The predicted molar refractivity (Wildman–Crippen MR) is 114 cm³/mol. The smallest absolute Gasteiger partial charge is 0.340 e. The molecule has 6 nitrogen and oxygen atoms in total. The Morgan fingerprint density at radius 3 is 2.53 bits per heavy atom. The number of nitrogens with zero attached hydrogens (tertiary/aromatic N) is 1. The molecule has 1 N–H and O–H groups in total. The zero-order valence-electron chi connectivity index (χ0n) is 17.1. The molecule has 2 aromatic carbocycles. The van der Waals surface area contributed by atoms with Gasteiger partial charge in [0.15, 0.2) is 0 Å². The zero-order valence-corrected chi connectivity index (χ0v) is 17.1. The van der Waals surface area contributed by atoms with Crippen molar-refractivity contribution in [3.05, 3.63) is 64.7 Å². The minimum absolute atomic E-state index is 0.0682. The molecule has 0 saturated heterocycles. The molecule has 4 rings (SSSR count). The number of para-hydroxylation sites is 1. The Kier molecular flexibility index (Phi) is 5.84. The zero-order chi connectivity index (χ0) is 21.1. The van der Waals surface area contributed by atoms with Crippen LogP contribution in [-0.2, 0) is 11.3 Å². The molecule has 0 aromatic heterocycles. The Morgan fingerprint density at radius 1 is 1.03 bits per heavy atom. The highest BCUT2D eigenvalue weighted by atomic mass is 16.5. The number of benzene rings is 2. The van der Waals surface area contributed by atoms with Gasteiger partial charge in [0.2, 0.25) is 0 Å². The molecule has 1 aliphatic heterocycles. The van der Waals surface area contributed by atoms with E-state index in [9.17, 15) is 14.4 Å². The van der Waals surface area contributed by atoms with Crippen LogP contribution in [0, 0.1) is 0 Å². The summed E-state index contributed by atoms with van der Waals surface area (Å²) in [6.07, 6.45) is 5.55. The molecule has 6 heteroatoms. The van der Waals surface area contributed by atoms with Crippen molar-refractivity contribution in [2.24, 2.45) is 0 Å². The van der Waals surface area contributed by atoms with Crippen molar-refractivity contribution >= 4 is 23.5 Å². The lowest BCUT2D eigenvalue weighted by atomic mass is 9.94. The summed E-state index contributed by atoms with van der Waals surface area (Å²) in [5.74, 6) is -0.963.